The summed E-state index contributed by atoms with van der Waals surface area (Å²) in [7, 11) is 0. The molecule has 0 radical (unpaired) electrons. The molecule has 1 aliphatic heterocycles. The Bertz CT molecular complexity index is 830. The molecule has 0 bridgehead atoms. The van der Waals surface area contributed by atoms with Gasteiger partial charge in [0, 0.05) is 12.8 Å². The monoisotopic (exact) mass is 383 g/mol. The van der Waals surface area contributed by atoms with Crippen LogP contribution in [0.1, 0.15) is 48.4 Å². The SMILES string of the molecule is O=C(CCCc1ccc(F)cc1)NC(c1ccc2c(c1)CCO2)C1CC(O)C1. The van der Waals surface area contributed by atoms with Crippen LogP contribution in [0, 0.1) is 11.7 Å². The topological polar surface area (TPSA) is 58.6 Å². The molecule has 2 aromatic carbocycles. The lowest BCUT2D eigenvalue weighted by molar-refractivity contribution is -0.123. The van der Waals surface area contributed by atoms with E-state index in [-0.39, 0.29) is 29.8 Å². The van der Waals surface area contributed by atoms with E-state index >= 15 is 0 Å². The van der Waals surface area contributed by atoms with E-state index in [1.807, 2.05) is 12.1 Å². The van der Waals surface area contributed by atoms with Gasteiger partial charge in [0.1, 0.15) is 11.6 Å². The van der Waals surface area contributed by atoms with Crippen LogP contribution in [-0.4, -0.2) is 23.7 Å². The van der Waals surface area contributed by atoms with Crippen LogP contribution in [0.15, 0.2) is 42.5 Å². The first-order chi connectivity index (χ1) is 13.6. The zero-order valence-electron chi connectivity index (χ0n) is 15.9. The Morgan fingerprint density at radius 3 is 2.75 bits per heavy atom. The second-order valence-corrected chi connectivity index (χ2v) is 7.88. The number of ether oxygens (including phenoxy) is 1. The van der Waals surface area contributed by atoms with Gasteiger partial charge in [0.25, 0.3) is 0 Å². The number of amides is 1. The fraction of sp³-hybridized carbons (Fsp3) is 0.435. The molecule has 0 aromatic heterocycles. The number of aliphatic hydroxyl groups excluding tert-OH is 1. The van der Waals surface area contributed by atoms with Crippen molar-refractivity contribution in [3.8, 4) is 5.75 Å². The number of aliphatic hydroxyl groups is 1. The van der Waals surface area contributed by atoms with E-state index in [1.54, 1.807) is 12.1 Å². The highest BCUT2D eigenvalue weighted by Gasteiger charge is 2.36. The van der Waals surface area contributed by atoms with Gasteiger partial charge in [-0.25, -0.2) is 4.39 Å². The molecule has 1 amide bonds. The van der Waals surface area contributed by atoms with Gasteiger partial charge in [0.15, 0.2) is 0 Å². The number of carbonyl (C=O) groups excluding carboxylic acids is 1. The molecule has 2 aromatic rings. The number of hydrogen-bond donors (Lipinski definition) is 2. The maximum Gasteiger partial charge on any atom is 0.220 e. The van der Waals surface area contributed by atoms with E-state index < -0.39 is 0 Å². The van der Waals surface area contributed by atoms with Crippen LogP contribution in [0.4, 0.5) is 4.39 Å². The van der Waals surface area contributed by atoms with Crippen molar-refractivity contribution in [2.75, 3.05) is 6.61 Å². The van der Waals surface area contributed by atoms with Crippen LogP contribution in [0.25, 0.3) is 0 Å². The van der Waals surface area contributed by atoms with Crippen LogP contribution in [-0.2, 0) is 17.6 Å². The van der Waals surface area contributed by atoms with Gasteiger partial charge in [-0.15, -0.1) is 0 Å². The Labute approximate surface area is 164 Å². The lowest BCUT2D eigenvalue weighted by atomic mass is 9.74. The molecule has 1 atom stereocenters. The molecule has 5 heteroatoms. The molecule has 1 fully saturated rings. The van der Waals surface area contributed by atoms with Gasteiger partial charge in [0.05, 0.1) is 18.8 Å². The number of hydrogen-bond acceptors (Lipinski definition) is 3. The van der Waals surface area contributed by atoms with E-state index in [0.717, 1.165) is 36.1 Å². The van der Waals surface area contributed by atoms with E-state index in [9.17, 15) is 14.3 Å². The number of fused-ring (bicyclic) bond motifs is 1. The number of halogens is 1. The summed E-state index contributed by atoms with van der Waals surface area (Å²) in [6, 6.07) is 12.5. The quantitative estimate of drug-likeness (QED) is 0.766. The second kappa shape index (κ2) is 8.31. The van der Waals surface area contributed by atoms with Gasteiger partial charge >= 0.3 is 0 Å². The van der Waals surface area contributed by atoms with Crippen molar-refractivity contribution in [3.63, 3.8) is 0 Å². The van der Waals surface area contributed by atoms with Gasteiger partial charge in [-0.05, 0) is 72.6 Å². The molecule has 1 aliphatic carbocycles. The molecule has 4 nitrogen and oxygen atoms in total. The van der Waals surface area contributed by atoms with Crippen LogP contribution in [0.2, 0.25) is 0 Å². The molecular formula is C23H26FNO3. The normalized spacial score (nSPS) is 21.4. The number of benzene rings is 2. The molecule has 148 valence electrons. The van der Waals surface area contributed by atoms with Crippen LogP contribution in [0.5, 0.6) is 5.75 Å². The zero-order valence-corrected chi connectivity index (χ0v) is 15.9. The predicted molar refractivity (Wildman–Crippen MR) is 105 cm³/mol. The van der Waals surface area contributed by atoms with Crippen LogP contribution in [0.3, 0.4) is 0 Å². The number of rotatable bonds is 7. The van der Waals surface area contributed by atoms with E-state index in [0.29, 0.717) is 25.9 Å². The minimum atomic E-state index is -0.263. The smallest absolute Gasteiger partial charge is 0.220 e. The molecule has 4 rings (SSSR count). The van der Waals surface area contributed by atoms with Crippen LogP contribution >= 0.6 is 0 Å². The van der Waals surface area contributed by atoms with Gasteiger partial charge in [-0.2, -0.15) is 0 Å². The standard InChI is InChI=1S/C23H26FNO3/c24-19-7-4-15(5-8-19)2-1-3-22(27)25-23(18-13-20(26)14-18)17-6-9-21-16(12-17)10-11-28-21/h4-9,12,18,20,23,26H,1-3,10-11,13-14H2,(H,25,27). The summed E-state index contributed by atoms with van der Waals surface area (Å²) in [5.74, 6) is 0.968. The summed E-state index contributed by atoms with van der Waals surface area (Å²) < 4.78 is 18.6. The highest BCUT2D eigenvalue weighted by atomic mass is 19.1. The zero-order chi connectivity index (χ0) is 19.5. The molecule has 0 spiro atoms. The van der Waals surface area contributed by atoms with Gasteiger partial charge in [0.2, 0.25) is 5.91 Å². The Balaban J connectivity index is 1.37. The van der Waals surface area contributed by atoms with Crippen molar-refractivity contribution in [1.82, 2.24) is 5.32 Å². The van der Waals surface area contributed by atoms with Crippen molar-refractivity contribution in [3.05, 3.63) is 65.0 Å². The van der Waals surface area contributed by atoms with E-state index in [2.05, 4.69) is 11.4 Å². The summed E-state index contributed by atoms with van der Waals surface area (Å²) in [5.41, 5.74) is 3.31. The first kappa shape index (κ1) is 18.9. The van der Waals surface area contributed by atoms with Crippen molar-refractivity contribution in [2.45, 2.75) is 50.7 Å². The summed E-state index contributed by atoms with van der Waals surface area (Å²) in [5, 5.41) is 12.9. The largest absolute Gasteiger partial charge is 0.493 e. The maximum atomic E-state index is 13.0. The summed E-state index contributed by atoms with van der Waals surface area (Å²) >= 11 is 0. The Morgan fingerprint density at radius 2 is 2.00 bits per heavy atom. The minimum absolute atomic E-state index is 0.0187. The molecule has 0 saturated heterocycles. The van der Waals surface area contributed by atoms with Crippen molar-refractivity contribution >= 4 is 5.91 Å². The van der Waals surface area contributed by atoms with Gasteiger partial charge in [-0.3, -0.25) is 4.79 Å². The van der Waals surface area contributed by atoms with Crippen molar-refractivity contribution < 1.29 is 19.0 Å². The fourth-order valence-electron chi connectivity index (χ4n) is 4.13. The average molecular weight is 383 g/mol. The van der Waals surface area contributed by atoms with Gasteiger partial charge in [-0.1, -0.05) is 18.2 Å². The summed E-state index contributed by atoms with van der Waals surface area (Å²) in [4.78, 5) is 12.6. The highest BCUT2D eigenvalue weighted by molar-refractivity contribution is 5.76. The maximum absolute atomic E-state index is 13.0. The van der Waals surface area contributed by atoms with E-state index in [4.69, 9.17) is 4.74 Å². The fourth-order valence-corrected chi connectivity index (χ4v) is 4.13. The van der Waals surface area contributed by atoms with Crippen LogP contribution < -0.4 is 10.1 Å². The molecule has 1 heterocycles. The molecule has 2 N–H and O–H groups in total. The highest BCUT2D eigenvalue weighted by Crippen LogP contribution is 2.39. The van der Waals surface area contributed by atoms with Crippen molar-refractivity contribution in [2.24, 2.45) is 5.92 Å². The molecule has 28 heavy (non-hydrogen) atoms. The number of carbonyl (C=O) groups is 1. The summed E-state index contributed by atoms with van der Waals surface area (Å²) in [6.45, 7) is 0.710. The first-order valence-electron chi connectivity index (χ1n) is 10.1. The Kier molecular flexibility index (Phi) is 5.62. The second-order valence-electron chi connectivity index (χ2n) is 7.88. The van der Waals surface area contributed by atoms with Gasteiger partial charge < -0.3 is 15.2 Å². The third kappa shape index (κ3) is 4.36. The Morgan fingerprint density at radius 1 is 1.21 bits per heavy atom. The minimum Gasteiger partial charge on any atom is -0.493 e. The third-order valence-corrected chi connectivity index (χ3v) is 5.79. The lowest BCUT2D eigenvalue weighted by Crippen LogP contribution is -2.41. The molecule has 1 saturated carbocycles. The lowest BCUT2D eigenvalue weighted by Gasteiger charge is -2.38. The number of aryl methyl sites for hydroxylation is 1. The predicted octanol–water partition coefficient (Wildman–Crippen LogP) is 3.71. The number of nitrogens with one attached hydrogen (secondary N) is 1. The average Bonchev–Trinajstić information content (AvgIpc) is 3.13. The molecule has 1 unspecified atom stereocenters. The van der Waals surface area contributed by atoms with E-state index in [1.165, 1.54) is 17.7 Å². The Hall–Kier alpha value is -2.40. The molecule has 2 aliphatic rings. The summed E-state index contributed by atoms with van der Waals surface area (Å²) in [6.07, 6.45) is 3.96. The first-order valence-corrected chi connectivity index (χ1v) is 10.1. The van der Waals surface area contributed by atoms with Crippen molar-refractivity contribution in [1.29, 1.82) is 0 Å². The molecular weight excluding hydrogens is 357 g/mol. The third-order valence-electron chi connectivity index (χ3n) is 5.79.